The second kappa shape index (κ2) is 5.80. The molecule has 2 nitrogen and oxygen atoms in total. The largest absolute Gasteiger partial charge is 0.311 e. The molecule has 1 unspecified atom stereocenters. The molecule has 0 amide bonds. The quantitative estimate of drug-likeness (QED) is 0.827. The molecule has 16 heavy (non-hydrogen) atoms. The third kappa shape index (κ3) is 5.10. The van der Waals surface area contributed by atoms with Gasteiger partial charge in [-0.25, -0.2) is 0 Å². The summed E-state index contributed by atoms with van der Waals surface area (Å²) < 4.78 is 0. The molecule has 0 saturated heterocycles. The highest BCUT2D eigenvalue weighted by atomic mass is 32.1. The summed E-state index contributed by atoms with van der Waals surface area (Å²) in [6.07, 6.45) is 0. The fourth-order valence-corrected chi connectivity index (χ4v) is 2.24. The van der Waals surface area contributed by atoms with Crippen LogP contribution >= 0.6 is 11.3 Å². The zero-order valence-corrected chi connectivity index (χ0v) is 11.9. The maximum absolute atomic E-state index is 3.55. The first-order chi connectivity index (χ1) is 7.38. The van der Waals surface area contributed by atoms with Crippen LogP contribution < -0.4 is 10.6 Å². The fraction of sp³-hybridized carbons (Fsp3) is 0.692. The van der Waals surface area contributed by atoms with Gasteiger partial charge in [-0.1, -0.05) is 0 Å². The highest BCUT2D eigenvalue weighted by Gasteiger charge is 2.10. The van der Waals surface area contributed by atoms with Gasteiger partial charge in [0.2, 0.25) is 0 Å². The Hall–Kier alpha value is -0.380. The molecule has 0 aliphatic carbocycles. The van der Waals surface area contributed by atoms with Crippen molar-refractivity contribution in [3.8, 4) is 0 Å². The average molecular weight is 240 g/mol. The van der Waals surface area contributed by atoms with Crippen molar-refractivity contribution in [1.29, 1.82) is 0 Å². The molecule has 2 N–H and O–H groups in total. The molecule has 1 aromatic heterocycles. The van der Waals surface area contributed by atoms with Crippen molar-refractivity contribution >= 4 is 11.3 Å². The van der Waals surface area contributed by atoms with Crippen LogP contribution in [-0.4, -0.2) is 18.1 Å². The first-order valence-electron chi connectivity index (χ1n) is 5.90. The van der Waals surface area contributed by atoms with Gasteiger partial charge in [-0.3, -0.25) is 0 Å². The van der Waals surface area contributed by atoms with E-state index in [-0.39, 0.29) is 5.54 Å². The molecular formula is C13H24N2S. The van der Waals surface area contributed by atoms with Crippen molar-refractivity contribution in [2.24, 2.45) is 0 Å². The van der Waals surface area contributed by atoms with E-state index in [0.717, 1.165) is 13.1 Å². The SMILES string of the molecule is Cc1ccsc1CNC(C)CNC(C)(C)C. The molecule has 0 aliphatic rings. The van der Waals surface area contributed by atoms with E-state index in [2.05, 4.69) is 56.7 Å². The predicted octanol–water partition coefficient (Wildman–Crippen LogP) is 2.92. The fourth-order valence-electron chi connectivity index (χ4n) is 1.38. The van der Waals surface area contributed by atoms with Gasteiger partial charge < -0.3 is 10.6 Å². The molecule has 1 atom stereocenters. The molecule has 1 aromatic rings. The van der Waals surface area contributed by atoms with Crippen LogP contribution in [0.1, 0.15) is 38.1 Å². The van der Waals surface area contributed by atoms with Gasteiger partial charge >= 0.3 is 0 Å². The minimum atomic E-state index is 0.203. The second-order valence-electron chi connectivity index (χ2n) is 5.44. The molecule has 1 rings (SSSR count). The van der Waals surface area contributed by atoms with Crippen molar-refractivity contribution in [3.63, 3.8) is 0 Å². The van der Waals surface area contributed by atoms with Crippen molar-refractivity contribution in [2.75, 3.05) is 6.54 Å². The molecule has 0 radical (unpaired) electrons. The number of nitrogens with one attached hydrogen (secondary N) is 2. The van der Waals surface area contributed by atoms with Gasteiger partial charge in [0, 0.05) is 29.5 Å². The Kier molecular flexibility index (Phi) is 4.96. The number of aryl methyl sites for hydroxylation is 1. The summed E-state index contributed by atoms with van der Waals surface area (Å²) in [5.41, 5.74) is 1.60. The predicted molar refractivity (Wildman–Crippen MR) is 73.1 cm³/mol. The Morgan fingerprint density at radius 3 is 2.56 bits per heavy atom. The molecule has 92 valence electrons. The first kappa shape index (κ1) is 13.7. The van der Waals surface area contributed by atoms with Crippen LogP contribution in [0.2, 0.25) is 0 Å². The van der Waals surface area contributed by atoms with Gasteiger partial charge in [0.25, 0.3) is 0 Å². The Bertz CT molecular complexity index is 312. The third-order valence-corrected chi connectivity index (χ3v) is 3.54. The molecule has 0 spiro atoms. The van der Waals surface area contributed by atoms with E-state index < -0.39 is 0 Å². The maximum Gasteiger partial charge on any atom is 0.0305 e. The zero-order chi connectivity index (χ0) is 12.2. The van der Waals surface area contributed by atoms with Crippen molar-refractivity contribution < 1.29 is 0 Å². The molecule has 3 heteroatoms. The Labute approximate surface area is 103 Å². The van der Waals surface area contributed by atoms with Crippen LogP contribution in [0.3, 0.4) is 0 Å². The molecule has 0 fully saturated rings. The van der Waals surface area contributed by atoms with E-state index in [9.17, 15) is 0 Å². The van der Waals surface area contributed by atoms with Crippen molar-refractivity contribution in [2.45, 2.75) is 52.7 Å². The lowest BCUT2D eigenvalue weighted by atomic mass is 10.1. The number of rotatable bonds is 5. The van der Waals surface area contributed by atoms with Gasteiger partial charge in [-0.05, 0) is 51.6 Å². The second-order valence-corrected chi connectivity index (χ2v) is 6.44. The standard InChI is InChI=1S/C13H24N2S/c1-10-6-7-16-12(10)9-14-11(2)8-15-13(3,4)5/h6-7,11,14-15H,8-9H2,1-5H3. The maximum atomic E-state index is 3.55. The number of hydrogen-bond acceptors (Lipinski definition) is 3. The Morgan fingerprint density at radius 1 is 1.38 bits per heavy atom. The van der Waals surface area contributed by atoms with Gasteiger partial charge in [0.1, 0.15) is 0 Å². The summed E-state index contributed by atoms with van der Waals surface area (Å²) in [4.78, 5) is 1.45. The molecule has 0 saturated carbocycles. The van der Waals surface area contributed by atoms with Crippen LogP contribution in [0, 0.1) is 6.92 Å². The zero-order valence-electron chi connectivity index (χ0n) is 11.1. The molecular weight excluding hydrogens is 216 g/mol. The van der Waals surface area contributed by atoms with Crippen LogP contribution in [0.15, 0.2) is 11.4 Å². The minimum absolute atomic E-state index is 0.203. The molecule has 0 bridgehead atoms. The monoisotopic (exact) mass is 240 g/mol. The van der Waals surface area contributed by atoms with Crippen LogP contribution in [0.25, 0.3) is 0 Å². The van der Waals surface area contributed by atoms with Crippen molar-refractivity contribution in [3.05, 3.63) is 21.9 Å². The van der Waals surface area contributed by atoms with Crippen molar-refractivity contribution in [1.82, 2.24) is 10.6 Å². The summed E-state index contributed by atoms with van der Waals surface area (Å²) in [5, 5.41) is 9.21. The highest BCUT2D eigenvalue weighted by molar-refractivity contribution is 7.10. The molecule has 1 heterocycles. The van der Waals surface area contributed by atoms with Crippen LogP contribution in [-0.2, 0) is 6.54 Å². The van der Waals surface area contributed by atoms with E-state index in [1.54, 1.807) is 0 Å². The van der Waals surface area contributed by atoms with Crippen LogP contribution in [0.5, 0.6) is 0 Å². The smallest absolute Gasteiger partial charge is 0.0305 e. The molecule has 0 aromatic carbocycles. The van der Waals surface area contributed by atoms with Gasteiger partial charge in [0.05, 0.1) is 0 Å². The van der Waals surface area contributed by atoms with Crippen LogP contribution in [0.4, 0.5) is 0 Å². The van der Waals surface area contributed by atoms with Gasteiger partial charge in [-0.2, -0.15) is 0 Å². The minimum Gasteiger partial charge on any atom is -0.311 e. The van der Waals surface area contributed by atoms with E-state index >= 15 is 0 Å². The lowest BCUT2D eigenvalue weighted by Gasteiger charge is -2.24. The van der Waals surface area contributed by atoms with E-state index in [1.165, 1.54) is 10.4 Å². The summed E-state index contributed by atoms with van der Waals surface area (Å²) in [6, 6.07) is 2.68. The van der Waals surface area contributed by atoms with E-state index in [0.29, 0.717) is 6.04 Å². The van der Waals surface area contributed by atoms with Gasteiger partial charge in [-0.15, -0.1) is 11.3 Å². The Morgan fingerprint density at radius 2 is 2.06 bits per heavy atom. The summed E-state index contributed by atoms with van der Waals surface area (Å²) in [5.74, 6) is 0. The van der Waals surface area contributed by atoms with E-state index in [4.69, 9.17) is 0 Å². The van der Waals surface area contributed by atoms with Gasteiger partial charge in [0.15, 0.2) is 0 Å². The topological polar surface area (TPSA) is 24.1 Å². The average Bonchev–Trinajstić information content (AvgIpc) is 2.57. The summed E-state index contributed by atoms with van der Waals surface area (Å²) in [6.45, 7) is 13.0. The Balaban J connectivity index is 2.25. The van der Waals surface area contributed by atoms with E-state index in [1.807, 2.05) is 11.3 Å². The number of thiophene rings is 1. The lowest BCUT2D eigenvalue weighted by Crippen LogP contribution is -2.44. The lowest BCUT2D eigenvalue weighted by molar-refractivity contribution is 0.388. The normalized spacial score (nSPS) is 14.1. The third-order valence-electron chi connectivity index (χ3n) is 2.52. The molecule has 0 aliphatic heterocycles. The summed E-state index contributed by atoms with van der Waals surface area (Å²) in [7, 11) is 0. The number of hydrogen-bond donors (Lipinski definition) is 2. The highest BCUT2D eigenvalue weighted by Crippen LogP contribution is 2.14. The summed E-state index contributed by atoms with van der Waals surface area (Å²) >= 11 is 1.83. The first-order valence-corrected chi connectivity index (χ1v) is 6.78.